The lowest BCUT2D eigenvalue weighted by Crippen LogP contribution is -2.35. The number of nitrogens with zero attached hydrogens (tertiary/aromatic N) is 1. The predicted octanol–water partition coefficient (Wildman–Crippen LogP) is 3.76. The van der Waals surface area contributed by atoms with Crippen LogP contribution in [0.4, 0.5) is 13.2 Å². The van der Waals surface area contributed by atoms with Gasteiger partial charge in [-0.25, -0.2) is 8.42 Å². The number of hydrogen-bond acceptors (Lipinski definition) is 5. The quantitative estimate of drug-likeness (QED) is 0.814. The highest BCUT2D eigenvalue weighted by atomic mass is 32.2. The van der Waals surface area contributed by atoms with Gasteiger partial charge in [-0.15, -0.1) is 0 Å². The van der Waals surface area contributed by atoms with Gasteiger partial charge in [-0.3, -0.25) is 4.98 Å². The lowest BCUT2D eigenvalue weighted by atomic mass is 10.0. The van der Waals surface area contributed by atoms with Crippen LogP contribution >= 0.6 is 0 Å². The molecule has 0 fully saturated rings. The molecule has 27 heavy (non-hydrogen) atoms. The van der Waals surface area contributed by atoms with Crippen LogP contribution in [-0.4, -0.2) is 30.3 Å². The first kappa shape index (κ1) is 21.2. The first-order chi connectivity index (χ1) is 12.2. The number of aromatic nitrogens is 1. The summed E-state index contributed by atoms with van der Waals surface area (Å²) < 4.78 is 62.1. The maximum Gasteiger partial charge on any atom is 0.433 e. The Kier molecular flexibility index (Phi) is 5.58. The molecule has 0 unspecified atom stereocenters. The number of aromatic hydroxyl groups is 1. The summed E-state index contributed by atoms with van der Waals surface area (Å²) in [7, 11) is -3.60. The molecule has 1 aromatic heterocycles. The van der Waals surface area contributed by atoms with Crippen LogP contribution < -0.4 is 5.32 Å². The fourth-order valence-electron chi connectivity index (χ4n) is 2.32. The van der Waals surface area contributed by atoms with Crippen LogP contribution in [-0.2, 0) is 22.6 Å². The number of benzene rings is 1. The van der Waals surface area contributed by atoms with E-state index in [0.717, 1.165) is 24.6 Å². The molecule has 1 heterocycles. The molecule has 2 N–H and O–H groups in total. The van der Waals surface area contributed by atoms with E-state index in [-0.39, 0.29) is 33.9 Å². The Labute approximate surface area is 156 Å². The SMILES string of the molecule is CC(C)(C)NCc1cc(S(C)(=O)=O)cc(-c2ccc(C(F)(F)F)nc2)c1O. The second-order valence-corrected chi connectivity index (χ2v) is 9.30. The van der Waals surface area contributed by atoms with Crippen molar-refractivity contribution in [3.8, 4) is 16.9 Å². The smallest absolute Gasteiger partial charge is 0.433 e. The molecule has 0 bridgehead atoms. The van der Waals surface area contributed by atoms with Gasteiger partial charge in [-0.05, 0) is 39.0 Å². The number of rotatable bonds is 4. The van der Waals surface area contributed by atoms with Crippen LogP contribution in [0.1, 0.15) is 32.0 Å². The largest absolute Gasteiger partial charge is 0.507 e. The van der Waals surface area contributed by atoms with E-state index in [1.165, 1.54) is 12.1 Å². The van der Waals surface area contributed by atoms with E-state index < -0.39 is 21.7 Å². The minimum absolute atomic E-state index is 0.0408. The fourth-order valence-corrected chi connectivity index (χ4v) is 3.00. The average Bonchev–Trinajstić information content (AvgIpc) is 2.51. The number of hydrogen-bond donors (Lipinski definition) is 2. The Morgan fingerprint density at radius 3 is 2.22 bits per heavy atom. The van der Waals surface area contributed by atoms with E-state index in [1.807, 2.05) is 20.8 Å². The van der Waals surface area contributed by atoms with E-state index in [9.17, 15) is 26.7 Å². The molecule has 0 aliphatic heterocycles. The molecule has 0 amide bonds. The number of sulfone groups is 1. The molecule has 0 aliphatic rings. The summed E-state index contributed by atoms with van der Waals surface area (Å²) in [6.07, 6.45) is -2.60. The van der Waals surface area contributed by atoms with Gasteiger partial charge in [0, 0.05) is 41.2 Å². The van der Waals surface area contributed by atoms with Gasteiger partial charge < -0.3 is 10.4 Å². The standard InChI is InChI=1S/C18H21F3N2O3S/c1-17(2,3)23-10-12-7-13(27(4,25)26)8-14(16(12)24)11-5-6-15(22-9-11)18(19,20)21/h5-9,23-24H,10H2,1-4H3. The first-order valence-corrected chi connectivity index (χ1v) is 9.92. The molecule has 148 valence electrons. The summed E-state index contributed by atoms with van der Waals surface area (Å²) in [6.45, 7) is 5.90. The van der Waals surface area contributed by atoms with Crippen LogP contribution in [0, 0.1) is 0 Å². The Morgan fingerprint density at radius 1 is 1.15 bits per heavy atom. The van der Waals surface area contributed by atoms with Crippen LogP contribution in [0.5, 0.6) is 5.75 Å². The molecule has 0 aliphatic carbocycles. The van der Waals surface area contributed by atoms with Gasteiger partial charge in [0.1, 0.15) is 11.4 Å². The third-order valence-corrected chi connectivity index (χ3v) is 4.86. The zero-order chi connectivity index (χ0) is 20.6. The van der Waals surface area contributed by atoms with Crippen molar-refractivity contribution in [1.29, 1.82) is 0 Å². The fraction of sp³-hybridized carbons (Fsp3) is 0.389. The van der Waals surface area contributed by atoms with Crippen LogP contribution in [0.3, 0.4) is 0 Å². The molecule has 2 rings (SSSR count). The number of nitrogens with one attached hydrogen (secondary N) is 1. The topological polar surface area (TPSA) is 79.3 Å². The molecule has 0 radical (unpaired) electrons. The Hall–Kier alpha value is -2.13. The average molecular weight is 402 g/mol. The van der Waals surface area contributed by atoms with Gasteiger partial charge in [0.15, 0.2) is 9.84 Å². The molecule has 1 aromatic carbocycles. The zero-order valence-electron chi connectivity index (χ0n) is 15.3. The molecule has 9 heteroatoms. The third kappa shape index (κ3) is 5.43. The Morgan fingerprint density at radius 2 is 1.78 bits per heavy atom. The summed E-state index contributed by atoms with van der Waals surface area (Å²) in [4.78, 5) is 3.33. The summed E-state index contributed by atoms with van der Waals surface area (Å²) in [5.74, 6) is -0.208. The van der Waals surface area contributed by atoms with E-state index in [4.69, 9.17) is 0 Å². The highest BCUT2D eigenvalue weighted by molar-refractivity contribution is 7.90. The van der Waals surface area contributed by atoms with Crippen LogP contribution in [0.2, 0.25) is 0 Å². The summed E-state index contributed by atoms with van der Waals surface area (Å²) in [5.41, 5.74) is -0.751. The number of halogens is 3. The van der Waals surface area contributed by atoms with Crippen molar-refractivity contribution in [3.05, 3.63) is 41.7 Å². The van der Waals surface area contributed by atoms with E-state index >= 15 is 0 Å². The van der Waals surface area contributed by atoms with Gasteiger partial charge in [-0.1, -0.05) is 6.07 Å². The third-order valence-electron chi connectivity index (χ3n) is 3.76. The van der Waals surface area contributed by atoms with Gasteiger partial charge in [0.25, 0.3) is 0 Å². The Balaban J connectivity index is 2.57. The van der Waals surface area contributed by atoms with Crippen molar-refractivity contribution in [3.63, 3.8) is 0 Å². The molecule has 0 spiro atoms. The van der Waals surface area contributed by atoms with Crippen molar-refractivity contribution < 1.29 is 26.7 Å². The highest BCUT2D eigenvalue weighted by Gasteiger charge is 2.32. The minimum Gasteiger partial charge on any atom is -0.507 e. The minimum atomic E-state index is -4.59. The van der Waals surface area contributed by atoms with Crippen molar-refractivity contribution >= 4 is 9.84 Å². The summed E-state index contributed by atoms with van der Waals surface area (Å²) in [5, 5.41) is 13.7. The van der Waals surface area contributed by atoms with E-state index in [2.05, 4.69) is 10.3 Å². The number of phenolic OH excluding ortho intramolecular Hbond substituents is 1. The van der Waals surface area contributed by atoms with Gasteiger partial charge in [0.2, 0.25) is 0 Å². The second-order valence-electron chi connectivity index (χ2n) is 7.28. The number of phenols is 1. The first-order valence-electron chi connectivity index (χ1n) is 8.03. The molecular weight excluding hydrogens is 381 g/mol. The zero-order valence-corrected chi connectivity index (χ0v) is 16.2. The number of alkyl halides is 3. The van der Waals surface area contributed by atoms with Gasteiger partial charge >= 0.3 is 6.18 Å². The van der Waals surface area contributed by atoms with Crippen LogP contribution in [0.25, 0.3) is 11.1 Å². The molecule has 0 saturated carbocycles. The molecule has 2 aromatic rings. The van der Waals surface area contributed by atoms with Crippen molar-refractivity contribution in [2.24, 2.45) is 0 Å². The molecule has 0 atom stereocenters. The van der Waals surface area contributed by atoms with Crippen molar-refractivity contribution in [1.82, 2.24) is 10.3 Å². The molecular formula is C18H21F3N2O3S. The van der Waals surface area contributed by atoms with Crippen molar-refractivity contribution in [2.75, 3.05) is 6.26 Å². The molecule has 0 saturated heterocycles. The monoisotopic (exact) mass is 402 g/mol. The maximum absolute atomic E-state index is 12.7. The van der Waals surface area contributed by atoms with Crippen molar-refractivity contribution in [2.45, 2.75) is 43.9 Å². The normalized spacial score (nSPS) is 13.0. The predicted molar refractivity (Wildman–Crippen MR) is 96.0 cm³/mol. The highest BCUT2D eigenvalue weighted by Crippen LogP contribution is 2.36. The lowest BCUT2D eigenvalue weighted by molar-refractivity contribution is -0.141. The Bertz CT molecular complexity index is 932. The number of pyridine rings is 1. The summed E-state index contributed by atoms with van der Waals surface area (Å²) in [6, 6.07) is 4.52. The lowest BCUT2D eigenvalue weighted by Gasteiger charge is -2.22. The molecule has 5 nitrogen and oxygen atoms in total. The van der Waals surface area contributed by atoms with Gasteiger partial charge in [-0.2, -0.15) is 13.2 Å². The van der Waals surface area contributed by atoms with E-state index in [1.54, 1.807) is 0 Å². The van der Waals surface area contributed by atoms with Crippen LogP contribution in [0.15, 0.2) is 35.4 Å². The van der Waals surface area contributed by atoms with Gasteiger partial charge in [0.05, 0.1) is 4.90 Å². The van der Waals surface area contributed by atoms with E-state index in [0.29, 0.717) is 5.56 Å². The maximum atomic E-state index is 12.7. The second kappa shape index (κ2) is 7.12. The summed E-state index contributed by atoms with van der Waals surface area (Å²) >= 11 is 0.